The predicted octanol–water partition coefficient (Wildman–Crippen LogP) is 1.86. The Morgan fingerprint density at radius 1 is 1.12 bits per heavy atom. The maximum Gasteiger partial charge on any atom is 0.376 e. The van der Waals surface area contributed by atoms with Gasteiger partial charge in [-0.25, -0.2) is 4.79 Å². The molecule has 0 fully saturated rings. The van der Waals surface area contributed by atoms with Crippen LogP contribution in [0.2, 0.25) is 0 Å². The number of methoxy groups -OCH3 is 2. The van der Waals surface area contributed by atoms with Gasteiger partial charge < -0.3 is 14.2 Å². The fourth-order valence-corrected chi connectivity index (χ4v) is 2.58. The average molecular weight is 357 g/mol. The molecule has 2 heterocycles. The SMILES string of the molecule is CCOC(=O)c1nnc(-c2ccn(C)n2)n1-c1c(OC)cccc1OC. The molecule has 3 aromatic rings. The molecule has 9 nitrogen and oxygen atoms in total. The van der Waals surface area contributed by atoms with Gasteiger partial charge in [0.05, 0.1) is 20.8 Å². The highest BCUT2D eigenvalue weighted by atomic mass is 16.5. The Labute approximate surface area is 150 Å². The van der Waals surface area contributed by atoms with Crippen LogP contribution in [0.15, 0.2) is 30.5 Å². The molecular formula is C17H19N5O4. The number of carbonyl (C=O) groups is 1. The molecule has 3 rings (SSSR count). The number of benzene rings is 1. The number of esters is 1. The summed E-state index contributed by atoms with van der Waals surface area (Å²) >= 11 is 0. The number of hydrogen-bond donors (Lipinski definition) is 0. The van der Waals surface area contributed by atoms with Crippen LogP contribution in [0.4, 0.5) is 0 Å². The van der Waals surface area contributed by atoms with Gasteiger partial charge in [0, 0.05) is 13.2 Å². The monoisotopic (exact) mass is 357 g/mol. The van der Waals surface area contributed by atoms with E-state index in [-0.39, 0.29) is 12.4 Å². The van der Waals surface area contributed by atoms with Crippen molar-refractivity contribution in [3.63, 3.8) is 0 Å². The molecule has 136 valence electrons. The smallest absolute Gasteiger partial charge is 0.376 e. The molecule has 2 aromatic heterocycles. The Morgan fingerprint density at radius 2 is 1.81 bits per heavy atom. The van der Waals surface area contributed by atoms with E-state index in [1.54, 1.807) is 49.1 Å². The summed E-state index contributed by atoms with van der Waals surface area (Å²) in [6, 6.07) is 7.08. The minimum absolute atomic E-state index is 0.00954. The minimum atomic E-state index is -0.602. The van der Waals surface area contributed by atoms with Crippen molar-refractivity contribution in [3.05, 3.63) is 36.3 Å². The summed E-state index contributed by atoms with van der Waals surface area (Å²) in [7, 11) is 4.86. The maximum absolute atomic E-state index is 12.4. The standard InChI is InChI=1S/C17H19N5O4/c1-5-26-17(23)16-19-18-15(11-9-10-21(2)20-11)22(16)14-12(24-3)7-6-8-13(14)25-4/h6-10H,5H2,1-4H3. The molecule has 0 bridgehead atoms. The van der Waals surface area contributed by atoms with Crippen molar-refractivity contribution >= 4 is 5.97 Å². The molecule has 26 heavy (non-hydrogen) atoms. The van der Waals surface area contributed by atoms with Gasteiger partial charge in [-0.05, 0) is 25.1 Å². The van der Waals surface area contributed by atoms with Crippen molar-refractivity contribution in [2.75, 3.05) is 20.8 Å². The van der Waals surface area contributed by atoms with Crippen LogP contribution in [0, 0.1) is 0 Å². The summed E-state index contributed by atoms with van der Waals surface area (Å²) in [6.07, 6.45) is 1.78. The summed E-state index contributed by atoms with van der Waals surface area (Å²) in [5.74, 6) is 0.764. The molecule has 0 radical (unpaired) electrons. The minimum Gasteiger partial charge on any atom is -0.494 e. The highest BCUT2D eigenvalue weighted by molar-refractivity contribution is 5.87. The maximum atomic E-state index is 12.4. The van der Waals surface area contributed by atoms with Crippen molar-refractivity contribution < 1.29 is 19.0 Å². The highest BCUT2D eigenvalue weighted by Crippen LogP contribution is 2.36. The van der Waals surface area contributed by atoms with Crippen LogP contribution in [0.25, 0.3) is 17.2 Å². The van der Waals surface area contributed by atoms with Gasteiger partial charge in [0.25, 0.3) is 0 Å². The van der Waals surface area contributed by atoms with E-state index in [0.29, 0.717) is 28.7 Å². The first-order chi connectivity index (χ1) is 12.6. The van der Waals surface area contributed by atoms with Crippen LogP contribution >= 0.6 is 0 Å². The summed E-state index contributed by atoms with van der Waals surface area (Å²) in [4.78, 5) is 12.4. The molecule has 0 saturated carbocycles. The lowest BCUT2D eigenvalue weighted by atomic mass is 10.2. The zero-order valence-corrected chi connectivity index (χ0v) is 15.0. The lowest BCUT2D eigenvalue weighted by Gasteiger charge is -2.16. The van der Waals surface area contributed by atoms with Crippen LogP contribution in [-0.4, -0.2) is 51.3 Å². The fraction of sp³-hybridized carbons (Fsp3) is 0.294. The number of ether oxygens (including phenoxy) is 3. The fourth-order valence-electron chi connectivity index (χ4n) is 2.58. The first-order valence-electron chi connectivity index (χ1n) is 7.94. The van der Waals surface area contributed by atoms with Crippen molar-refractivity contribution in [1.29, 1.82) is 0 Å². The summed E-state index contributed by atoms with van der Waals surface area (Å²) in [6.45, 7) is 1.94. The molecule has 0 atom stereocenters. The molecule has 9 heteroatoms. The van der Waals surface area contributed by atoms with Crippen LogP contribution in [0.3, 0.4) is 0 Å². The summed E-state index contributed by atoms with van der Waals surface area (Å²) in [5, 5.41) is 12.5. The largest absolute Gasteiger partial charge is 0.494 e. The van der Waals surface area contributed by atoms with E-state index in [1.165, 1.54) is 18.8 Å². The Hall–Kier alpha value is -3.36. The quantitative estimate of drug-likeness (QED) is 0.622. The lowest BCUT2D eigenvalue weighted by molar-refractivity contribution is 0.0509. The molecule has 0 aliphatic rings. The number of aryl methyl sites for hydroxylation is 1. The molecule has 0 N–H and O–H groups in total. The Bertz CT molecular complexity index is 909. The normalized spacial score (nSPS) is 10.6. The third kappa shape index (κ3) is 2.99. The van der Waals surface area contributed by atoms with Gasteiger partial charge in [-0.2, -0.15) is 5.10 Å². The number of aromatic nitrogens is 5. The van der Waals surface area contributed by atoms with Gasteiger partial charge in [-0.3, -0.25) is 9.25 Å². The Kier molecular flexibility index (Phi) is 4.87. The zero-order chi connectivity index (χ0) is 18.7. The molecular weight excluding hydrogens is 338 g/mol. The van der Waals surface area contributed by atoms with Crippen LogP contribution in [0.5, 0.6) is 11.5 Å². The van der Waals surface area contributed by atoms with Crippen molar-refractivity contribution in [2.24, 2.45) is 7.05 Å². The second-order valence-corrected chi connectivity index (χ2v) is 5.29. The number of para-hydroxylation sites is 1. The number of carbonyl (C=O) groups excluding carboxylic acids is 1. The van der Waals surface area contributed by atoms with Gasteiger partial charge in [0.2, 0.25) is 5.82 Å². The lowest BCUT2D eigenvalue weighted by Crippen LogP contribution is -2.14. The van der Waals surface area contributed by atoms with Crippen LogP contribution in [-0.2, 0) is 11.8 Å². The van der Waals surface area contributed by atoms with Gasteiger partial charge in [0.1, 0.15) is 22.9 Å². The van der Waals surface area contributed by atoms with Crippen molar-refractivity contribution in [3.8, 4) is 28.7 Å². The van der Waals surface area contributed by atoms with Crippen LogP contribution < -0.4 is 9.47 Å². The van der Waals surface area contributed by atoms with E-state index in [0.717, 1.165) is 0 Å². The predicted molar refractivity (Wildman–Crippen MR) is 92.6 cm³/mol. The first-order valence-corrected chi connectivity index (χ1v) is 7.94. The second-order valence-electron chi connectivity index (χ2n) is 5.29. The van der Waals surface area contributed by atoms with Crippen LogP contribution in [0.1, 0.15) is 17.5 Å². The summed E-state index contributed by atoms with van der Waals surface area (Å²) < 4.78 is 19.2. The van der Waals surface area contributed by atoms with Gasteiger partial charge in [-0.15, -0.1) is 10.2 Å². The van der Waals surface area contributed by atoms with E-state index < -0.39 is 5.97 Å². The van der Waals surface area contributed by atoms with Gasteiger partial charge in [-0.1, -0.05) is 6.07 Å². The molecule has 0 spiro atoms. The number of rotatable bonds is 6. The zero-order valence-electron chi connectivity index (χ0n) is 15.0. The van der Waals surface area contributed by atoms with Crippen molar-refractivity contribution in [1.82, 2.24) is 24.5 Å². The highest BCUT2D eigenvalue weighted by Gasteiger charge is 2.27. The van der Waals surface area contributed by atoms with E-state index in [9.17, 15) is 4.79 Å². The topological polar surface area (TPSA) is 93.3 Å². The Morgan fingerprint density at radius 3 is 2.35 bits per heavy atom. The van der Waals surface area contributed by atoms with Gasteiger partial charge >= 0.3 is 5.97 Å². The average Bonchev–Trinajstić information content (AvgIpc) is 3.27. The van der Waals surface area contributed by atoms with Gasteiger partial charge in [0.15, 0.2) is 5.82 Å². The third-order valence-corrected chi connectivity index (χ3v) is 3.69. The summed E-state index contributed by atoms with van der Waals surface area (Å²) in [5.41, 5.74) is 1.04. The van der Waals surface area contributed by atoms with E-state index in [2.05, 4.69) is 15.3 Å². The number of hydrogen-bond acceptors (Lipinski definition) is 7. The molecule has 0 saturated heterocycles. The molecule has 0 unspecified atom stereocenters. The van der Waals surface area contributed by atoms with E-state index >= 15 is 0 Å². The van der Waals surface area contributed by atoms with E-state index in [1.807, 2.05) is 0 Å². The number of nitrogens with zero attached hydrogens (tertiary/aromatic N) is 5. The molecule has 0 aliphatic carbocycles. The molecule has 0 aliphatic heterocycles. The van der Waals surface area contributed by atoms with E-state index in [4.69, 9.17) is 14.2 Å². The molecule has 0 amide bonds. The van der Waals surface area contributed by atoms with Crippen molar-refractivity contribution in [2.45, 2.75) is 6.92 Å². The first kappa shape index (κ1) is 17.5. The molecule has 1 aromatic carbocycles. The third-order valence-electron chi connectivity index (χ3n) is 3.69. The Balaban J connectivity index is 2.31. The second kappa shape index (κ2) is 7.26.